The fraction of sp³-hybridized carbons (Fsp3) is 0.500. The van der Waals surface area contributed by atoms with Crippen LogP contribution in [0.4, 0.5) is 11.4 Å². The Labute approximate surface area is 103 Å². The Morgan fingerprint density at radius 2 is 2.35 bits per heavy atom. The summed E-state index contributed by atoms with van der Waals surface area (Å²) in [6.07, 6.45) is 3.77. The average Bonchev–Trinajstić information content (AvgIpc) is 2.36. The monoisotopic (exact) mass is 229 g/mol. The zero-order valence-electron chi connectivity index (χ0n) is 10.3. The first-order valence-corrected chi connectivity index (χ1v) is 6.29. The molecule has 1 atom stereocenters. The van der Waals surface area contributed by atoms with Gasteiger partial charge < -0.3 is 10.6 Å². The molecule has 3 heteroatoms. The summed E-state index contributed by atoms with van der Waals surface area (Å²) in [6.45, 7) is 3.18. The lowest BCUT2D eigenvalue weighted by Crippen LogP contribution is -2.38. The number of nitrogens with two attached hydrogens (primary N) is 1. The van der Waals surface area contributed by atoms with Gasteiger partial charge in [0.05, 0.1) is 12.5 Å². The van der Waals surface area contributed by atoms with E-state index in [1.54, 1.807) is 0 Å². The molecule has 0 bridgehead atoms. The maximum Gasteiger partial charge on any atom is 0.0643 e. The quantitative estimate of drug-likeness (QED) is 0.811. The van der Waals surface area contributed by atoms with Gasteiger partial charge in [-0.2, -0.15) is 5.26 Å². The van der Waals surface area contributed by atoms with Crippen LogP contribution in [0.1, 0.15) is 31.7 Å². The van der Waals surface area contributed by atoms with E-state index in [2.05, 4.69) is 24.0 Å². The summed E-state index contributed by atoms with van der Waals surface area (Å²) < 4.78 is 0. The normalized spacial score (nSPS) is 16.1. The molecule has 0 radical (unpaired) electrons. The number of rotatable bonds is 3. The van der Waals surface area contributed by atoms with Crippen LogP contribution in [0.25, 0.3) is 0 Å². The number of nitrogens with zero attached hydrogens (tertiary/aromatic N) is 2. The average molecular weight is 229 g/mol. The van der Waals surface area contributed by atoms with Crippen LogP contribution in [0, 0.1) is 11.3 Å². The van der Waals surface area contributed by atoms with E-state index in [0.29, 0.717) is 12.5 Å². The molecule has 1 aliphatic rings. The van der Waals surface area contributed by atoms with Gasteiger partial charge in [0.25, 0.3) is 0 Å². The first-order chi connectivity index (χ1) is 8.27. The Kier molecular flexibility index (Phi) is 3.53. The Morgan fingerprint density at radius 3 is 3.06 bits per heavy atom. The highest BCUT2D eigenvalue weighted by Gasteiger charge is 2.23. The van der Waals surface area contributed by atoms with Gasteiger partial charge >= 0.3 is 0 Å². The zero-order valence-corrected chi connectivity index (χ0v) is 10.3. The fourth-order valence-electron chi connectivity index (χ4n) is 2.64. The van der Waals surface area contributed by atoms with E-state index in [9.17, 15) is 0 Å². The van der Waals surface area contributed by atoms with Crippen LogP contribution in [-0.2, 0) is 6.42 Å². The molecule has 0 aliphatic carbocycles. The molecule has 0 spiro atoms. The van der Waals surface area contributed by atoms with Crippen molar-refractivity contribution in [3.8, 4) is 6.07 Å². The van der Waals surface area contributed by atoms with Crippen LogP contribution in [0.15, 0.2) is 18.2 Å². The van der Waals surface area contributed by atoms with Gasteiger partial charge in [0, 0.05) is 24.0 Å². The van der Waals surface area contributed by atoms with Crippen LogP contribution in [0.2, 0.25) is 0 Å². The number of hydrogen-bond donors (Lipinski definition) is 1. The maximum absolute atomic E-state index is 8.90. The third-order valence-corrected chi connectivity index (χ3v) is 3.56. The van der Waals surface area contributed by atoms with Crippen molar-refractivity contribution in [3.63, 3.8) is 0 Å². The second kappa shape index (κ2) is 5.09. The summed E-state index contributed by atoms with van der Waals surface area (Å²) in [5, 5.41) is 8.90. The molecule has 0 fully saturated rings. The molecule has 2 rings (SSSR count). The van der Waals surface area contributed by atoms with Gasteiger partial charge in [-0.1, -0.05) is 13.0 Å². The topological polar surface area (TPSA) is 53.0 Å². The maximum atomic E-state index is 8.90. The van der Waals surface area contributed by atoms with Crippen molar-refractivity contribution in [1.29, 1.82) is 5.26 Å². The third-order valence-electron chi connectivity index (χ3n) is 3.56. The summed E-state index contributed by atoms with van der Waals surface area (Å²) in [6, 6.07) is 8.71. The molecule has 2 N–H and O–H groups in total. The minimum absolute atomic E-state index is 0.320. The third kappa shape index (κ3) is 2.21. The number of nitrogen functional groups attached to an aromatic ring is 1. The van der Waals surface area contributed by atoms with Gasteiger partial charge in [-0.25, -0.2) is 0 Å². The molecule has 0 saturated carbocycles. The van der Waals surface area contributed by atoms with E-state index in [1.165, 1.54) is 11.3 Å². The van der Waals surface area contributed by atoms with Gasteiger partial charge in [-0.3, -0.25) is 0 Å². The van der Waals surface area contributed by atoms with E-state index in [-0.39, 0.29) is 0 Å². The van der Waals surface area contributed by atoms with Gasteiger partial charge in [-0.05, 0) is 37.0 Å². The first-order valence-electron chi connectivity index (χ1n) is 6.29. The lowest BCUT2D eigenvalue weighted by molar-refractivity contribution is 0.553. The van der Waals surface area contributed by atoms with Gasteiger partial charge in [0.2, 0.25) is 0 Å². The molecule has 1 aliphatic heterocycles. The SMILES string of the molecule is CCC(CC#N)N1CCCc2c(N)cccc21. The van der Waals surface area contributed by atoms with E-state index >= 15 is 0 Å². The minimum Gasteiger partial charge on any atom is -0.398 e. The van der Waals surface area contributed by atoms with Crippen molar-refractivity contribution in [1.82, 2.24) is 0 Å². The van der Waals surface area contributed by atoms with Gasteiger partial charge in [0.15, 0.2) is 0 Å². The van der Waals surface area contributed by atoms with E-state index in [1.807, 2.05) is 12.1 Å². The largest absolute Gasteiger partial charge is 0.398 e. The number of nitriles is 1. The smallest absolute Gasteiger partial charge is 0.0643 e. The molecule has 3 nitrogen and oxygen atoms in total. The Bertz CT molecular complexity index is 434. The second-order valence-corrected chi connectivity index (χ2v) is 4.57. The summed E-state index contributed by atoms with van der Waals surface area (Å²) in [4.78, 5) is 2.36. The number of anilines is 2. The highest BCUT2D eigenvalue weighted by atomic mass is 15.2. The minimum atomic E-state index is 0.320. The van der Waals surface area contributed by atoms with Crippen LogP contribution in [0.3, 0.4) is 0 Å². The van der Waals surface area contributed by atoms with Crippen molar-refractivity contribution < 1.29 is 0 Å². The summed E-state index contributed by atoms with van der Waals surface area (Å²) in [7, 11) is 0. The fourth-order valence-corrected chi connectivity index (χ4v) is 2.64. The Hall–Kier alpha value is -1.69. The zero-order chi connectivity index (χ0) is 12.3. The first kappa shape index (κ1) is 11.8. The molecular formula is C14H19N3. The van der Waals surface area contributed by atoms with Crippen molar-refractivity contribution in [2.75, 3.05) is 17.2 Å². The summed E-state index contributed by atoms with van der Waals surface area (Å²) in [5.74, 6) is 0. The molecule has 17 heavy (non-hydrogen) atoms. The van der Waals surface area contributed by atoms with Crippen molar-refractivity contribution in [2.45, 2.75) is 38.6 Å². The molecule has 0 saturated heterocycles. The lowest BCUT2D eigenvalue weighted by atomic mass is 9.97. The molecular weight excluding hydrogens is 210 g/mol. The van der Waals surface area contributed by atoms with Crippen molar-refractivity contribution in [3.05, 3.63) is 23.8 Å². The molecule has 90 valence electrons. The number of benzene rings is 1. The molecule has 0 amide bonds. The highest BCUT2D eigenvalue weighted by Crippen LogP contribution is 2.33. The van der Waals surface area contributed by atoms with Crippen LogP contribution >= 0.6 is 0 Å². The molecule has 1 aromatic carbocycles. The predicted molar refractivity (Wildman–Crippen MR) is 70.8 cm³/mol. The van der Waals surface area contributed by atoms with Crippen LogP contribution in [0.5, 0.6) is 0 Å². The molecule has 1 aromatic rings. The summed E-state index contributed by atoms with van der Waals surface area (Å²) in [5.41, 5.74) is 9.41. The van der Waals surface area contributed by atoms with E-state index in [4.69, 9.17) is 11.0 Å². The molecule has 0 aromatic heterocycles. The van der Waals surface area contributed by atoms with Gasteiger partial charge in [0.1, 0.15) is 0 Å². The second-order valence-electron chi connectivity index (χ2n) is 4.57. The van der Waals surface area contributed by atoms with Crippen LogP contribution in [-0.4, -0.2) is 12.6 Å². The van der Waals surface area contributed by atoms with Crippen molar-refractivity contribution >= 4 is 11.4 Å². The lowest BCUT2D eigenvalue weighted by Gasteiger charge is -2.37. The predicted octanol–water partition coefficient (Wildman–Crippen LogP) is 2.71. The number of hydrogen-bond acceptors (Lipinski definition) is 3. The summed E-state index contributed by atoms with van der Waals surface area (Å²) >= 11 is 0. The Morgan fingerprint density at radius 1 is 1.53 bits per heavy atom. The highest BCUT2D eigenvalue weighted by molar-refractivity contribution is 5.66. The standard InChI is InChI=1S/C14H19N3/c1-2-11(8-9-15)17-10-4-5-12-13(16)6-3-7-14(12)17/h3,6-7,11H,2,4-5,8,10,16H2,1H3. The van der Waals surface area contributed by atoms with Crippen molar-refractivity contribution in [2.24, 2.45) is 0 Å². The Balaban J connectivity index is 2.34. The van der Waals surface area contributed by atoms with E-state index in [0.717, 1.165) is 31.5 Å². The van der Waals surface area contributed by atoms with Gasteiger partial charge in [-0.15, -0.1) is 0 Å². The van der Waals surface area contributed by atoms with Crippen LogP contribution < -0.4 is 10.6 Å². The number of fused-ring (bicyclic) bond motifs is 1. The van der Waals surface area contributed by atoms with E-state index < -0.39 is 0 Å². The molecule has 1 heterocycles. The molecule has 1 unspecified atom stereocenters.